The smallest absolute Gasteiger partial charge is 0.104 e. The number of hydrogen-bond acceptors (Lipinski definition) is 3. The number of halogens is 1. The lowest BCUT2D eigenvalue weighted by molar-refractivity contribution is 0.455. The summed E-state index contributed by atoms with van der Waals surface area (Å²) in [5.41, 5.74) is 0.700. The molecule has 0 amide bonds. The van der Waals surface area contributed by atoms with Gasteiger partial charge in [-0.25, -0.2) is 0 Å². The third kappa shape index (κ3) is 4.53. The van der Waals surface area contributed by atoms with Gasteiger partial charge in [0.25, 0.3) is 0 Å². The molecule has 0 radical (unpaired) electrons. The van der Waals surface area contributed by atoms with Gasteiger partial charge in [-0.05, 0) is 32.0 Å². The average molecular weight is 283 g/mol. The molecule has 2 nitrogen and oxygen atoms in total. The Kier molecular flexibility index (Phi) is 6.01. The van der Waals surface area contributed by atoms with Crippen molar-refractivity contribution >= 4 is 23.4 Å². The van der Waals surface area contributed by atoms with Gasteiger partial charge in [0.2, 0.25) is 0 Å². The van der Waals surface area contributed by atoms with Crippen LogP contribution in [0.25, 0.3) is 0 Å². The summed E-state index contributed by atoms with van der Waals surface area (Å²) in [4.78, 5) is 0. The molecule has 1 rings (SSSR count). The Labute approximate surface area is 119 Å². The zero-order valence-electron chi connectivity index (χ0n) is 11.0. The lowest BCUT2D eigenvalue weighted by Crippen LogP contribution is -2.40. The summed E-state index contributed by atoms with van der Waals surface area (Å²) >= 11 is 7.94. The normalized spacial score (nSPS) is 15.7. The standard InChI is InChI=1S/C14H19ClN2S/c1-11(8-14(2,10-16)17-3)18-9-12-6-4-5-7-13(12)15/h4-7,11,17H,8-9H2,1-3H3. The highest BCUT2D eigenvalue weighted by molar-refractivity contribution is 7.99. The van der Waals surface area contributed by atoms with E-state index < -0.39 is 5.54 Å². The van der Waals surface area contributed by atoms with E-state index in [2.05, 4.69) is 18.3 Å². The highest BCUT2D eigenvalue weighted by Gasteiger charge is 2.24. The fourth-order valence-electron chi connectivity index (χ4n) is 1.68. The first-order valence-electron chi connectivity index (χ1n) is 5.96. The number of thioether (sulfide) groups is 1. The fraction of sp³-hybridized carbons (Fsp3) is 0.500. The Morgan fingerprint density at radius 2 is 2.17 bits per heavy atom. The van der Waals surface area contributed by atoms with Crippen LogP contribution in [0.1, 0.15) is 25.8 Å². The van der Waals surface area contributed by atoms with E-state index >= 15 is 0 Å². The Bertz CT molecular complexity index is 430. The van der Waals surface area contributed by atoms with Crippen LogP contribution < -0.4 is 5.32 Å². The maximum Gasteiger partial charge on any atom is 0.104 e. The molecule has 98 valence electrons. The van der Waals surface area contributed by atoms with Crippen LogP contribution in [0.15, 0.2) is 24.3 Å². The molecule has 18 heavy (non-hydrogen) atoms. The minimum Gasteiger partial charge on any atom is -0.303 e. The minimum absolute atomic E-state index is 0.401. The van der Waals surface area contributed by atoms with E-state index in [1.54, 1.807) is 0 Å². The Hall–Kier alpha value is -0.690. The van der Waals surface area contributed by atoms with Crippen molar-refractivity contribution < 1.29 is 0 Å². The van der Waals surface area contributed by atoms with Gasteiger partial charge in [0, 0.05) is 16.0 Å². The quantitative estimate of drug-likeness (QED) is 0.861. The summed E-state index contributed by atoms with van der Waals surface area (Å²) < 4.78 is 0. The summed E-state index contributed by atoms with van der Waals surface area (Å²) in [7, 11) is 1.83. The summed E-state index contributed by atoms with van der Waals surface area (Å²) in [6.45, 7) is 4.08. The molecule has 2 atom stereocenters. The van der Waals surface area contributed by atoms with Crippen molar-refractivity contribution in [3.8, 4) is 6.07 Å². The van der Waals surface area contributed by atoms with E-state index in [0.29, 0.717) is 5.25 Å². The molecular formula is C14H19ClN2S. The van der Waals surface area contributed by atoms with Gasteiger partial charge in [0.1, 0.15) is 5.54 Å². The van der Waals surface area contributed by atoms with E-state index in [0.717, 1.165) is 22.8 Å². The Balaban J connectivity index is 2.50. The van der Waals surface area contributed by atoms with Crippen LogP contribution in [0.3, 0.4) is 0 Å². The molecule has 0 bridgehead atoms. The van der Waals surface area contributed by atoms with Crippen molar-refractivity contribution in [1.29, 1.82) is 5.26 Å². The second kappa shape index (κ2) is 7.04. The molecule has 4 heteroatoms. The largest absolute Gasteiger partial charge is 0.303 e. The second-order valence-electron chi connectivity index (χ2n) is 4.61. The van der Waals surface area contributed by atoms with Crippen LogP contribution in [-0.2, 0) is 5.75 Å². The van der Waals surface area contributed by atoms with Gasteiger partial charge in [-0.3, -0.25) is 0 Å². The third-order valence-corrected chi connectivity index (χ3v) is 4.56. The molecule has 2 unspecified atom stereocenters. The van der Waals surface area contributed by atoms with Crippen molar-refractivity contribution in [3.05, 3.63) is 34.9 Å². The van der Waals surface area contributed by atoms with Gasteiger partial charge in [0.15, 0.2) is 0 Å². The van der Waals surface area contributed by atoms with Crippen LogP contribution in [0.4, 0.5) is 0 Å². The van der Waals surface area contributed by atoms with Crippen LogP contribution in [0.2, 0.25) is 5.02 Å². The highest BCUT2D eigenvalue weighted by Crippen LogP contribution is 2.27. The Morgan fingerprint density at radius 3 is 2.72 bits per heavy atom. The van der Waals surface area contributed by atoms with Crippen molar-refractivity contribution in [2.75, 3.05) is 7.05 Å². The third-order valence-electron chi connectivity index (χ3n) is 2.98. The molecule has 0 saturated carbocycles. The number of nitriles is 1. The van der Waals surface area contributed by atoms with E-state index in [1.807, 2.05) is 50.0 Å². The molecule has 1 aromatic rings. The zero-order chi connectivity index (χ0) is 13.6. The molecular weight excluding hydrogens is 264 g/mol. The molecule has 0 spiro atoms. The van der Waals surface area contributed by atoms with E-state index in [9.17, 15) is 0 Å². The lowest BCUT2D eigenvalue weighted by atomic mass is 9.98. The van der Waals surface area contributed by atoms with Crippen molar-refractivity contribution in [3.63, 3.8) is 0 Å². The van der Waals surface area contributed by atoms with Crippen LogP contribution >= 0.6 is 23.4 Å². The van der Waals surface area contributed by atoms with Crippen molar-refractivity contribution in [2.45, 2.75) is 36.8 Å². The monoisotopic (exact) mass is 282 g/mol. The van der Waals surface area contributed by atoms with Crippen molar-refractivity contribution in [2.24, 2.45) is 0 Å². The van der Waals surface area contributed by atoms with Crippen LogP contribution in [0.5, 0.6) is 0 Å². The first kappa shape index (κ1) is 15.4. The maximum absolute atomic E-state index is 9.12. The maximum atomic E-state index is 9.12. The topological polar surface area (TPSA) is 35.8 Å². The number of benzene rings is 1. The first-order valence-corrected chi connectivity index (χ1v) is 7.38. The second-order valence-corrected chi connectivity index (χ2v) is 6.45. The van der Waals surface area contributed by atoms with Gasteiger partial charge in [-0.1, -0.05) is 36.7 Å². The van der Waals surface area contributed by atoms with Gasteiger partial charge >= 0.3 is 0 Å². The predicted octanol–water partition coefficient (Wildman–Crippen LogP) is 3.85. The van der Waals surface area contributed by atoms with Gasteiger partial charge < -0.3 is 5.32 Å². The fourth-order valence-corrected chi connectivity index (χ4v) is 3.13. The molecule has 0 fully saturated rings. The molecule has 0 aliphatic carbocycles. The number of nitrogens with zero attached hydrogens (tertiary/aromatic N) is 1. The molecule has 1 N–H and O–H groups in total. The van der Waals surface area contributed by atoms with Crippen molar-refractivity contribution in [1.82, 2.24) is 5.32 Å². The minimum atomic E-state index is -0.451. The van der Waals surface area contributed by atoms with Crippen LogP contribution in [0, 0.1) is 11.3 Å². The van der Waals surface area contributed by atoms with E-state index in [-0.39, 0.29) is 0 Å². The summed E-state index contributed by atoms with van der Waals surface area (Å²) in [6.07, 6.45) is 0.815. The molecule has 1 aromatic carbocycles. The molecule has 0 aromatic heterocycles. The van der Waals surface area contributed by atoms with Crippen LogP contribution in [-0.4, -0.2) is 17.8 Å². The molecule has 0 aliphatic rings. The van der Waals surface area contributed by atoms with Gasteiger partial charge in [0.05, 0.1) is 6.07 Å². The summed E-state index contributed by atoms with van der Waals surface area (Å²) in [5, 5.41) is 13.4. The molecule has 0 saturated heterocycles. The Morgan fingerprint density at radius 1 is 1.50 bits per heavy atom. The SMILES string of the molecule is CNC(C)(C#N)CC(C)SCc1ccccc1Cl. The lowest BCUT2D eigenvalue weighted by Gasteiger charge is -2.24. The van der Waals surface area contributed by atoms with E-state index in [4.69, 9.17) is 16.9 Å². The summed E-state index contributed by atoms with van der Waals surface area (Å²) in [5.74, 6) is 0.881. The molecule has 0 heterocycles. The highest BCUT2D eigenvalue weighted by atomic mass is 35.5. The molecule has 0 aliphatic heterocycles. The van der Waals surface area contributed by atoms with Gasteiger partial charge in [-0.15, -0.1) is 0 Å². The average Bonchev–Trinajstić information content (AvgIpc) is 2.37. The van der Waals surface area contributed by atoms with Gasteiger partial charge in [-0.2, -0.15) is 17.0 Å². The predicted molar refractivity (Wildman–Crippen MR) is 79.9 cm³/mol. The number of nitrogens with one attached hydrogen (secondary N) is 1. The zero-order valence-corrected chi connectivity index (χ0v) is 12.6. The first-order chi connectivity index (χ1) is 8.50. The number of rotatable bonds is 6. The summed E-state index contributed by atoms with van der Waals surface area (Å²) in [6, 6.07) is 10.2. The van der Waals surface area contributed by atoms with E-state index in [1.165, 1.54) is 0 Å². The number of hydrogen-bond donors (Lipinski definition) is 1.